The summed E-state index contributed by atoms with van der Waals surface area (Å²) < 4.78 is 34.5. The van der Waals surface area contributed by atoms with Crippen molar-refractivity contribution in [3.05, 3.63) is 71.8 Å². The highest BCUT2D eigenvalue weighted by Crippen LogP contribution is 2.35. The maximum absolute atomic E-state index is 12.9. The maximum Gasteiger partial charge on any atom is 0.338 e. The van der Waals surface area contributed by atoms with Gasteiger partial charge in [-0.05, 0) is 25.0 Å². The molecule has 9 heteroatoms. The average Bonchev–Trinajstić information content (AvgIpc) is 2.98. The summed E-state index contributed by atoms with van der Waals surface area (Å²) in [5.41, 5.74) is 1.19. The molecule has 0 saturated carbocycles. The second-order valence-corrected chi connectivity index (χ2v) is 9.76. The zero-order valence-electron chi connectivity index (χ0n) is 22.3. The monoisotopic (exact) mass is 542 g/mol. The fraction of sp³-hybridized carbons (Fsp3) is 0.533. The number of aliphatic hydroxyl groups is 1. The molecule has 2 aromatic rings. The zero-order chi connectivity index (χ0) is 27.5. The van der Waals surface area contributed by atoms with Crippen LogP contribution in [-0.4, -0.2) is 68.1 Å². The van der Waals surface area contributed by atoms with E-state index in [4.69, 9.17) is 23.7 Å². The lowest BCUT2D eigenvalue weighted by atomic mass is 9.97. The van der Waals surface area contributed by atoms with Crippen molar-refractivity contribution in [3.8, 4) is 0 Å². The summed E-state index contributed by atoms with van der Waals surface area (Å²) in [4.78, 5) is 24.1. The number of fused-ring (bicyclic) bond motifs is 1. The minimum atomic E-state index is -1.17. The Morgan fingerprint density at radius 3 is 2.28 bits per heavy atom. The first kappa shape index (κ1) is 29.2. The Hall–Kier alpha value is -2.82. The molecule has 1 unspecified atom stereocenters. The van der Waals surface area contributed by atoms with Crippen LogP contribution in [-0.2, 0) is 33.2 Å². The van der Waals surface area contributed by atoms with E-state index in [9.17, 15) is 14.7 Å². The van der Waals surface area contributed by atoms with E-state index < -0.39 is 43.0 Å². The number of unbranched alkanes of at least 4 members (excludes halogenated alkanes) is 5. The molecule has 0 spiro atoms. The Morgan fingerprint density at radius 1 is 0.897 bits per heavy atom. The topological polar surface area (TPSA) is 110 Å². The second-order valence-electron chi connectivity index (χ2n) is 9.76. The first-order valence-electron chi connectivity index (χ1n) is 13.7. The number of benzene rings is 2. The lowest BCUT2D eigenvalue weighted by molar-refractivity contribution is -0.360. The Morgan fingerprint density at radius 2 is 1.56 bits per heavy atom. The lowest BCUT2D eigenvalue weighted by Gasteiger charge is -2.47. The molecule has 39 heavy (non-hydrogen) atoms. The largest absolute Gasteiger partial charge is 0.469 e. The number of carbonyl (C=O) groups excluding carboxylic acids is 2. The lowest BCUT2D eigenvalue weighted by Crippen LogP contribution is -2.63. The van der Waals surface area contributed by atoms with Gasteiger partial charge in [-0.15, -0.1) is 0 Å². The van der Waals surface area contributed by atoms with Gasteiger partial charge in [-0.1, -0.05) is 74.2 Å². The van der Waals surface area contributed by atoms with Crippen LogP contribution in [0, 0.1) is 0 Å². The Balaban J connectivity index is 1.32. The van der Waals surface area contributed by atoms with Crippen LogP contribution in [0.15, 0.2) is 60.7 Å². The van der Waals surface area contributed by atoms with E-state index in [0.717, 1.165) is 44.1 Å². The van der Waals surface area contributed by atoms with Crippen molar-refractivity contribution in [2.24, 2.45) is 0 Å². The maximum atomic E-state index is 12.9. The number of hydrogen-bond acceptors (Lipinski definition) is 9. The van der Waals surface area contributed by atoms with Gasteiger partial charge < -0.3 is 33.5 Å². The van der Waals surface area contributed by atoms with Gasteiger partial charge in [0, 0.05) is 18.6 Å². The SMILES string of the molecule is COC(=O)CCCCCCCCO[C@@H]1O[C@@H]2COC(c3ccccc3)O[C@@H]2[C@H](O)[C@H]1OC(=O)c1ccccc1. The minimum Gasteiger partial charge on any atom is -0.469 e. The molecule has 2 aromatic carbocycles. The fourth-order valence-electron chi connectivity index (χ4n) is 4.75. The molecule has 0 aromatic heterocycles. The van der Waals surface area contributed by atoms with E-state index in [0.29, 0.717) is 18.6 Å². The molecule has 0 aliphatic carbocycles. The normalized spacial score (nSPS) is 26.4. The van der Waals surface area contributed by atoms with Crippen molar-refractivity contribution in [2.75, 3.05) is 20.3 Å². The summed E-state index contributed by atoms with van der Waals surface area (Å²) in [6.45, 7) is 0.580. The van der Waals surface area contributed by atoms with Crippen molar-refractivity contribution in [1.82, 2.24) is 0 Å². The Labute approximate surface area is 229 Å². The van der Waals surface area contributed by atoms with Crippen LogP contribution in [0.5, 0.6) is 0 Å². The third-order valence-electron chi connectivity index (χ3n) is 6.92. The zero-order valence-corrected chi connectivity index (χ0v) is 22.3. The molecule has 9 nitrogen and oxygen atoms in total. The van der Waals surface area contributed by atoms with E-state index in [2.05, 4.69) is 4.74 Å². The predicted octanol–water partition coefficient (Wildman–Crippen LogP) is 4.33. The summed E-state index contributed by atoms with van der Waals surface area (Å²) >= 11 is 0. The quantitative estimate of drug-likeness (QED) is 0.292. The van der Waals surface area contributed by atoms with Gasteiger partial charge in [0.2, 0.25) is 0 Å². The molecule has 212 valence electrons. The molecule has 2 heterocycles. The van der Waals surface area contributed by atoms with Crippen molar-refractivity contribution in [2.45, 2.75) is 81.9 Å². The molecule has 2 aliphatic rings. The molecular formula is C30H38O9. The van der Waals surface area contributed by atoms with Gasteiger partial charge in [0.05, 0.1) is 19.3 Å². The van der Waals surface area contributed by atoms with Gasteiger partial charge in [0.15, 0.2) is 18.7 Å². The standard InChI is InChI=1S/C30H38O9/c1-34-24(31)18-12-4-2-3-5-13-19-35-30-27(38-28(33)21-14-8-6-9-15-21)25(32)26-23(37-30)20-36-29(39-26)22-16-10-7-11-17-22/h6-11,14-17,23,25-27,29-30,32H,2-5,12-13,18-20H2,1H3/t23-,25+,26+,27-,29?,30-/m1/s1. The average molecular weight is 543 g/mol. The first-order chi connectivity index (χ1) is 19.1. The van der Waals surface area contributed by atoms with Gasteiger partial charge in [-0.3, -0.25) is 4.79 Å². The van der Waals surface area contributed by atoms with Gasteiger partial charge in [0.1, 0.15) is 18.3 Å². The van der Waals surface area contributed by atoms with Crippen LogP contribution in [0.1, 0.15) is 67.2 Å². The molecule has 2 fully saturated rings. The number of ether oxygens (including phenoxy) is 6. The van der Waals surface area contributed by atoms with Crippen LogP contribution in [0.4, 0.5) is 0 Å². The van der Waals surface area contributed by atoms with Gasteiger partial charge >= 0.3 is 11.9 Å². The van der Waals surface area contributed by atoms with E-state index in [1.54, 1.807) is 24.3 Å². The van der Waals surface area contributed by atoms with Gasteiger partial charge in [-0.25, -0.2) is 4.79 Å². The molecule has 4 rings (SSSR count). The first-order valence-corrected chi connectivity index (χ1v) is 13.7. The van der Waals surface area contributed by atoms with Crippen molar-refractivity contribution in [1.29, 1.82) is 0 Å². The van der Waals surface area contributed by atoms with Crippen LogP contribution in [0.2, 0.25) is 0 Å². The summed E-state index contributed by atoms with van der Waals surface area (Å²) in [5, 5.41) is 11.3. The molecule has 1 N–H and O–H groups in total. The number of methoxy groups -OCH3 is 1. The molecule has 0 radical (unpaired) electrons. The van der Waals surface area contributed by atoms with Crippen LogP contribution >= 0.6 is 0 Å². The number of hydrogen-bond donors (Lipinski definition) is 1. The third kappa shape index (κ3) is 8.33. The van der Waals surface area contributed by atoms with E-state index in [-0.39, 0.29) is 12.6 Å². The highest BCUT2D eigenvalue weighted by molar-refractivity contribution is 5.89. The molecule has 6 atom stereocenters. The number of carbonyl (C=O) groups is 2. The third-order valence-corrected chi connectivity index (χ3v) is 6.92. The van der Waals surface area contributed by atoms with Crippen molar-refractivity contribution >= 4 is 11.9 Å². The van der Waals surface area contributed by atoms with Gasteiger partial charge in [0.25, 0.3) is 0 Å². The van der Waals surface area contributed by atoms with Crippen LogP contribution < -0.4 is 0 Å². The summed E-state index contributed by atoms with van der Waals surface area (Å²) in [7, 11) is 1.40. The summed E-state index contributed by atoms with van der Waals surface area (Å²) in [6.07, 6.45) is 0.782. The van der Waals surface area contributed by atoms with Crippen LogP contribution in [0.25, 0.3) is 0 Å². The smallest absolute Gasteiger partial charge is 0.338 e. The summed E-state index contributed by atoms with van der Waals surface area (Å²) in [5.74, 6) is -0.749. The highest BCUT2D eigenvalue weighted by Gasteiger charge is 2.51. The van der Waals surface area contributed by atoms with E-state index in [1.807, 2.05) is 36.4 Å². The molecule has 0 amide bonds. The number of aliphatic hydroxyl groups excluding tert-OH is 1. The number of esters is 2. The van der Waals surface area contributed by atoms with Crippen LogP contribution in [0.3, 0.4) is 0 Å². The fourth-order valence-corrected chi connectivity index (χ4v) is 4.75. The van der Waals surface area contributed by atoms with Gasteiger partial charge in [-0.2, -0.15) is 0 Å². The van der Waals surface area contributed by atoms with E-state index >= 15 is 0 Å². The Kier molecular flexibility index (Phi) is 11.3. The molecule has 0 bridgehead atoms. The molecule has 2 aliphatic heterocycles. The van der Waals surface area contributed by atoms with Crippen molar-refractivity contribution in [3.63, 3.8) is 0 Å². The molecular weight excluding hydrogens is 504 g/mol. The Bertz CT molecular complexity index is 1020. The summed E-state index contributed by atoms with van der Waals surface area (Å²) in [6, 6.07) is 18.1. The molecule has 2 saturated heterocycles. The minimum absolute atomic E-state index is 0.174. The second kappa shape index (κ2) is 15.1. The van der Waals surface area contributed by atoms with E-state index in [1.165, 1.54) is 7.11 Å². The predicted molar refractivity (Wildman–Crippen MR) is 141 cm³/mol. The highest BCUT2D eigenvalue weighted by atomic mass is 16.8. The van der Waals surface area contributed by atoms with Crippen molar-refractivity contribution < 1.29 is 43.1 Å². The number of rotatable bonds is 13.